The van der Waals surface area contributed by atoms with Crippen LogP contribution in [0.25, 0.3) is 0 Å². The first kappa shape index (κ1) is 21.9. The number of hydrogen-bond acceptors (Lipinski definition) is 5. The molecule has 2 amide bonds. The van der Waals surface area contributed by atoms with Crippen molar-refractivity contribution in [2.24, 2.45) is 5.41 Å². The first-order valence-corrected chi connectivity index (χ1v) is 8.64. The zero-order valence-electron chi connectivity index (χ0n) is 16.4. The molecule has 29 heavy (non-hydrogen) atoms. The van der Waals surface area contributed by atoms with Gasteiger partial charge in [0, 0.05) is 25.3 Å². The molecule has 0 radical (unpaired) electrons. The molecule has 0 bridgehead atoms. The summed E-state index contributed by atoms with van der Waals surface area (Å²) < 4.78 is 39.6. The molecule has 154 valence electrons. The SMILES string of the molecule is CN(C(=O)NN(CC(C)(C)C)c1cc(C(F)(F)F)nc(C#N)n1)c1ccccc1. The largest absolute Gasteiger partial charge is 0.433 e. The molecule has 0 spiro atoms. The number of benzene rings is 1. The lowest BCUT2D eigenvalue weighted by Gasteiger charge is -2.32. The number of nitriles is 1. The van der Waals surface area contributed by atoms with Gasteiger partial charge < -0.3 is 0 Å². The fraction of sp³-hybridized carbons (Fsp3) is 0.368. The summed E-state index contributed by atoms with van der Waals surface area (Å²) in [6.07, 6.45) is -4.76. The van der Waals surface area contributed by atoms with Gasteiger partial charge in [0.05, 0.1) is 0 Å². The van der Waals surface area contributed by atoms with E-state index in [0.29, 0.717) is 11.8 Å². The van der Waals surface area contributed by atoms with Gasteiger partial charge >= 0.3 is 12.2 Å². The van der Waals surface area contributed by atoms with E-state index >= 15 is 0 Å². The fourth-order valence-electron chi connectivity index (χ4n) is 2.38. The van der Waals surface area contributed by atoms with Crippen molar-refractivity contribution in [2.75, 3.05) is 23.5 Å². The average molecular weight is 406 g/mol. The van der Waals surface area contributed by atoms with E-state index in [-0.39, 0.29) is 12.4 Å². The predicted octanol–water partition coefficient (Wildman–Crippen LogP) is 3.98. The number of urea groups is 1. The number of amides is 2. The monoisotopic (exact) mass is 406 g/mol. The Labute approximate surface area is 166 Å². The van der Waals surface area contributed by atoms with Gasteiger partial charge in [-0.2, -0.15) is 23.4 Å². The van der Waals surface area contributed by atoms with Gasteiger partial charge in [0.15, 0.2) is 11.5 Å². The van der Waals surface area contributed by atoms with Gasteiger partial charge in [0.25, 0.3) is 0 Å². The number of nitrogens with zero attached hydrogens (tertiary/aromatic N) is 5. The lowest BCUT2D eigenvalue weighted by atomic mass is 9.97. The molecule has 0 aliphatic heterocycles. The van der Waals surface area contributed by atoms with Gasteiger partial charge in [-0.05, 0) is 17.5 Å². The summed E-state index contributed by atoms with van der Waals surface area (Å²) in [5.41, 5.74) is 1.50. The number of para-hydroxylation sites is 1. The highest BCUT2D eigenvalue weighted by Gasteiger charge is 2.35. The Bertz CT molecular complexity index is 903. The number of alkyl halides is 3. The van der Waals surface area contributed by atoms with E-state index < -0.39 is 29.1 Å². The lowest BCUT2D eigenvalue weighted by molar-refractivity contribution is -0.141. The first-order valence-electron chi connectivity index (χ1n) is 8.64. The first-order chi connectivity index (χ1) is 13.4. The van der Waals surface area contributed by atoms with Crippen molar-refractivity contribution in [3.63, 3.8) is 0 Å². The van der Waals surface area contributed by atoms with Gasteiger partial charge in [-0.1, -0.05) is 39.0 Å². The molecular formula is C19H21F3N6O. The topological polar surface area (TPSA) is 85.2 Å². The Morgan fingerprint density at radius 1 is 1.17 bits per heavy atom. The molecule has 2 aromatic rings. The van der Waals surface area contributed by atoms with Gasteiger partial charge in [0.2, 0.25) is 5.82 Å². The van der Waals surface area contributed by atoms with Crippen LogP contribution in [0, 0.1) is 16.7 Å². The van der Waals surface area contributed by atoms with Crippen LogP contribution in [0.1, 0.15) is 32.3 Å². The molecule has 2 rings (SSSR count). The number of rotatable bonds is 4. The molecule has 1 N–H and O–H groups in total. The van der Waals surface area contributed by atoms with Gasteiger partial charge in [-0.25, -0.2) is 15.2 Å². The molecule has 0 atom stereocenters. The summed E-state index contributed by atoms with van der Waals surface area (Å²) in [6, 6.07) is 10.4. The fourth-order valence-corrected chi connectivity index (χ4v) is 2.38. The van der Waals surface area contributed by atoms with E-state index in [0.717, 1.165) is 0 Å². The highest BCUT2D eigenvalue weighted by molar-refractivity contribution is 5.92. The second kappa shape index (κ2) is 8.34. The minimum atomic E-state index is -4.76. The summed E-state index contributed by atoms with van der Waals surface area (Å²) in [6.45, 7) is 5.69. The molecule has 0 aliphatic rings. The van der Waals surface area contributed by atoms with Crippen LogP contribution in [0.5, 0.6) is 0 Å². The maximum Gasteiger partial charge on any atom is 0.433 e. The van der Waals surface area contributed by atoms with Crippen LogP contribution in [0.3, 0.4) is 0 Å². The van der Waals surface area contributed by atoms with Gasteiger partial charge in [-0.15, -0.1) is 0 Å². The Morgan fingerprint density at radius 2 is 1.79 bits per heavy atom. The molecule has 1 aromatic carbocycles. The Balaban J connectivity index is 2.41. The van der Waals surface area contributed by atoms with Crippen molar-refractivity contribution in [3.05, 3.63) is 47.9 Å². The molecule has 10 heteroatoms. The molecule has 0 saturated carbocycles. The molecule has 0 fully saturated rings. The minimum absolute atomic E-state index is 0.139. The molecule has 7 nitrogen and oxygen atoms in total. The Morgan fingerprint density at radius 3 is 2.31 bits per heavy atom. The zero-order chi connectivity index (χ0) is 21.8. The molecule has 0 unspecified atom stereocenters. The minimum Gasteiger partial charge on any atom is -0.296 e. The Kier molecular flexibility index (Phi) is 6.31. The van der Waals surface area contributed by atoms with Crippen LogP contribution >= 0.6 is 0 Å². The van der Waals surface area contributed by atoms with Crippen LogP contribution < -0.4 is 15.3 Å². The Hall–Kier alpha value is -3.35. The highest BCUT2D eigenvalue weighted by atomic mass is 19.4. The summed E-state index contributed by atoms with van der Waals surface area (Å²) in [5, 5.41) is 10.2. The predicted molar refractivity (Wildman–Crippen MR) is 102 cm³/mol. The average Bonchev–Trinajstić information content (AvgIpc) is 2.65. The van der Waals surface area contributed by atoms with Crippen LogP contribution in [-0.2, 0) is 6.18 Å². The van der Waals surface area contributed by atoms with Crippen molar-refractivity contribution < 1.29 is 18.0 Å². The van der Waals surface area contributed by atoms with E-state index in [1.54, 1.807) is 30.3 Å². The van der Waals surface area contributed by atoms with Crippen LogP contribution in [-0.4, -0.2) is 29.6 Å². The summed E-state index contributed by atoms with van der Waals surface area (Å²) in [7, 11) is 1.53. The van der Waals surface area contributed by atoms with E-state index in [2.05, 4.69) is 15.4 Å². The van der Waals surface area contributed by atoms with E-state index in [9.17, 15) is 18.0 Å². The normalized spacial score (nSPS) is 11.5. The molecule has 0 saturated heterocycles. The van der Waals surface area contributed by atoms with Crippen LogP contribution in [0.4, 0.5) is 29.5 Å². The number of anilines is 2. The van der Waals surface area contributed by atoms with Crippen molar-refractivity contribution in [2.45, 2.75) is 26.9 Å². The highest BCUT2D eigenvalue weighted by Crippen LogP contribution is 2.30. The summed E-state index contributed by atoms with van der Waals surface area (Å²) in [4.78, 5) is 21.1. The van der Waals surface area contributed by atoms with E-state index in [4.69, 9.17) is 5.26 Å². The third kappa shape index (κ3) is 6.07. The third-order valence-corrected chi connectivity index (χ3v) is 3.69. The number of halogens is 3. The van der Waals surface area contributed by atoms with Gasteiger partial charge in [0.1, 0.15) is 6.07 Å². The van der Waals surface area contributed by atoms with E-state index in [1.165, 1.54) is 23.0 Å². The van der Waals surface area contributed by atoms with E-state index in [1.807, 2.05) is 20.8 Å². The summed E-state index contributed by atoms with van der Waals surface area (Å²) >= 11 is 0. The number of hydrogen-bond donors (Lipinski definition) is 1. The number of aromatic nitrogens is 2. The van der Waals surface area contributed by atoms with Crippen molar-refractivity contribution >= 4 is 17.5 Å². The quantitative estimate of drug-likeness (QED) is 0.777. The van der Waals surface area contributed by atoms with Crippen molar-refractivity contribution in [3.8, 4) is 6.07 Å². The van der Waals surface area contributed by atoms with Crippen LogP contribution in [0.2, 0.25) is 0 Å². The maximum atomic E-state index is 13.2. The molecule has 1 aromatic heterocycles. The van der Waals surface area contributed by atoms with Gasteiger partial charge in [-0.3, -0.25) is 9.91 Å². The number of nitrogens with one attached hydrogen (secondary N) is 1. The number of carbonyl (C=O) groups is 1. The smallest absolute Gasteiger partial charge is 0.296 e. The van der Waals surface area contributed by atoms with Crippen molar-refractivity contribution in [1.82, 2.24) is 15.4 Å². The number of carbonyl (C=O) groups excluding carboxylic acids is 1. The lowest BCUT2D eigenvalue weighted by Crippen LogP contribution is -2.51. The third-order valence-electron chi connectivity index (χ3n) is 3.69. The second-order valence-electron chi connectivity index (χ2n) is 7.50. The molecule has 0 aliphatic carbocycles. The second-order valence-corrected chi connectivity index (χ2v) is 7.50. The summed E-state index contributed by atoms with van der Waals surface area (Å²) in [5.74, 6) is -0.868. The standard InChI is InChI=1S/C19H21F3N6O/c1-18(2,3)12-28(26-17(29)27(4)13-8-6-5-7-9-13)16-10-14(19(20,21)22)24-15(11-23)25-16/h5-10H,12H2,1-4H3,(H,26,29). The number of hydrazine groups is 1. The molecular weight excluding hydrogens is 385 g/mol. The zero-order valence-corrected chi connectivity index (χ0v) is 16.4. The molecule has 1 heterocycles. The van der Waals surface area contributed by atoms with Crippen LogP contribution in [0.15, 0.2) is 36.4 Å². The maximum absolute atomic E-state index is 13.2. The van der Waals surface area contributed by atoms with Crippen molar-refractivity contribution in [1.29, 1.82) is 5.26 Å².